The van der Waals surface area contributed by atoms with Crippen molar-refractivity contribution in [1.29, 1.82) is 0 Å². The Morgan fingerprint density at radius 1 is 1.05 bits per heavy atom. The van der Waals surface area contributed by atoms with Crippen LogP contribution in [0, 0.1) is 0 Å². The molecule has 0 saturated carbocycles. The molecular weight excluding hydrogens is 284 g/mol. The van der Waals surface area contributed by atoms with Crippen molar-refractivity contribution >= 4 is 11.9 Å². The maximum Gasteiger partial charge on any atom is 0.185 e. The number of carbonyl (C=O) groups is 1. The fourth-order valence-corrected chi connectivity index (χ4v) is 1.94. The van der Waals surface area contributed by atoms with Gasteiger partial charge in [0.1, 0.15) is 11.5 Å². The summed E-state index contributed by atoms with van der Waals surface area (Å²) in [5.74, 6) is 0.553. The number of allylic oxidation sites excluding steroid dienone is 1. The van der Waals surface area contributed by atoms with Crippen LogP contribution in [-0.2, 0) is 0 Å². The highest BCUT2D eigenvalue weighted by Gasteiger charge is 2.09. The lowest BCUT2D eigenvalue weighted by atomic mass is 10.1. The number of ether oxygens (including phenoxy) is 2. The summed E-state index contributed by atoms with van der Waals surface area (Å²) in [6.07, 6.45) is 2.79. The molecule has 2 aromatic carbocycles. The Labute approximate surface area is 128 Å². The van der Waals surface area contributed by atoms with Crippen molar-refractivity contribution in [3.05, 3.63) is 53.6 Å². The van der Waals surface area contributed by atoms with E-state index < -0.39 is 0 Å². The molecule has 0 aromatic heterocycles. The van der Waals surface area contributed by atoms with Gasteiger partial charge in [0.2, 0.25) is 0 Å². The van der Waals surface area contributed by atoms with Crippen LogP contribution in [0.5, 0.6) is 23.0 Å². The second-order valence-electron chi connectivity index (χ2n) is 4.51. The minimum absolute atomic E-state index is 0.0215. The van der Waals surface area contributed by atoms with E-state index in [1.54, 1.807) is 18.2 Å². The van der Waals surface area contributed by atoms with Gasteiger partial charge in [-0.25, -0.2) is 0 Å². The molecule has 2 aromatic rings. The number of ketones is 1. The van der Waals surface area contributed by atoms with Crippen LogP contribution in [-0.4, -0.2) is 30.2 Å². The standard InChI is InChI=1S/C17H16O5/c1-21-16-9-12(15(20)10-17(16)22-2)6-7-14(19)11-4-3-5-13(18)8-11/h3-10,18,20H,1-2H3. The molecule has 0 atom stereocenters. The fraction of sp³-hybridized carbons (Fsp3) is 0.118. The minimum Gasteiger partial charge on any atom is -0.508 e. The van der Waals surface area contributed by atoms with Crippen LogP contribution >= 0.6 is 0 Å². The highest BCUT2D eigenvalue weighted by molar-refractivity contribution is 6.07. The van der Waals surface area contributed by atoms with Gasteiger partial charge in [-0.3, -0.25) is 4.79 Å². The maximum absolute atomic E-state index is 12.0. The van der Waals surface area contributed by atoms with Gasteiger partial charge in [0.05, 0.1) is 14.2 Å². The van der Waals surface area contributed by atoms with Crippen molar-refractivity contribution in [1.82, 2.24) is 0 Å². The second-order valence-corrected chi connectivity index (χ2v) is 4.51. The van der Waals surface area contributed by atoms with Gasteiger partial charge in [-0.15, -0.1) is 0 Å². The molecule has 5 heteroatoms. The zero-order chi connectivity index (χ0) is 16.1. The number of benzene rings is 2. The van der Waals surface area contributed by atoms with E-state index in [2.05, 4.69) is 0 Å². The van der Waals surface area contributed by atoms with Gasteiger partial charge in [0, 0.05) is 17.2 Å². The number of hydrogen-bond acceptors (Lipinski definition) is 5. The Morgan fingerprint density at radius 2 is 1.73 bits per heavy atom. The van der Waals surface area contributed by atoms with E-state index in [4.69, 9.17) is 9.47 Å². The Kier molecular flexibility index (Phi) is 4.68. The summed E-state index contributed by atoms with van der Waals surface area (Å²) < 4.78 is 10.2. The smallest absolute Gasteiger partial charge is 0.185 e. The van der Waals surface area contributed by atoms with Crippen molar-refractivity contribution in [2.75, 3.05) is 14.2 Å². The zero-order valence-corrected chi connectivity index (χ0v) is 12.2. The molecule has 22 heavy (non-hydrogen) atoms. The summed E-state index contributed by atoms with van der Waals surface area (Å²) in [7, 11) is 2.96. The quantitative estimate of drug-likeness (QED) is 0.655. The summed E-state index contributed by atoms with van der Waals surface area (Å²) >= 11 is 0. The summed E-state index contributed by atoms with van der Waals surface area (Å²) in [5, 5.41) is 19.3. The molecule has 114 valence electrons. The van der Waals surface area contributed by atoms with Gasteiger partial charge in [-0.05, 0) is 30.4 Å². The number of phenolic OH excluding ortho intramolecular Hbond substituents is 2. The number of aromatic hydroxyl groups is 2. The van der Waals surface area contributed by atoms with Crippen LogP contribution in [0.15, 0.2) is 42.5 Å². The van der Waals surface area contributed by atoms with Gasteiger partial charge in [-0.2, -0.15) is 0 Å². The molecule has 2 N–H and O–H groups in total. The first-order chi connectivity index (χ1) is 10.5. The largest absolute Gasteiger partial charge is 0.508 e. The molecule has 0 unspecified atom stereocenters. The molecule has 0 fully saturated rings. The topological polar surface area (TPSA) is 76.0 Å². The summed E-state index contributed by atoms with van der Waals surface area (Å²) in [4.78, 5) is 12.0. The third-order valence-corrected chi connectivity index (χ3v) is 3.08. The monoisotopic (exact) mass is 300 g/mol. The Morgan fingerprint density at radius 3 is 2.36 bits per heavy atom. The predicted octanol–water partition coefficient (Wildman–Crippen LogP) is 3.01. The third kappa shape index (κ3) is 3.38. The molecule has 5 nitrogen and oxygen atoms in total. The van der Waals surface area contributed by atoms with Crippen LogP contribution in [0.4, 0.5) is 0 Å². The molecule has 0 aliphatic rings. The minimum atomic E-state index is -0.287. The molecule has 2 rings (SSSR count). The number of carbonyl (C=O) groups excluding carboxylic acids is 1. The highest BCUT2D eigenvalue weighted by atomic mass is 16.5. The van der Waals surface area contributed by atoms with E-state index in [0.29, 0.717) is 22.6 Å². The lowest BCUT2D eigenvalue weighted by Crippen LogP contribution is -1.94. The predicted molar refractivity (Wildman–Crippen MR) is 82.7 cm³/mol. The summed E-state index contributed by atoms with van der Waals surface area (Å²) in [6.45, 7) is 0. The second kappa shape index (κ2) is 6.67. The van der Waals surface area contributed by atoms with Gasteiger partial charge < -0.3 is 19.7 Å². The van der Waals surface area contributed by atoms with Gasteiger partial charge in [0.15, 0.2) is 17.3 Å². The maximum atomic E-state index is 12.0. The number of hydrogen-bond donors (Lipinski definition) is 2. The van der Waals surface area contributed by atoms with Crippen LogP contribution in [0.25, 0.3) is 6.08 Å². The van der Waals surface area contributed by atoms with Crippen LogP contribution in [0.2, 0.25) is 0 Å². The normalized spacial score (nSPS) is 10.6. The van der Waals surface area contributed by atoms with Gasteiger partial charge in [-0.1, -0.05) is 12.1 Å². The van der Waals surface area contributed by atoms with Crippen molar-refractivity contribution in [3.63, 3.8) is 0 Å². The molecule has 0 saturated heterocycles. The molecule has 0 radical (unpaired) electrons. The lowest BCUT2D eigenvalue weighted by molar-refractivity contribution is 0.104. The first kappa shape index (κ1) is 15.4. The zero-order valence-electron chi connectivity index (χ0n) is 12.2. The summed E-state index contributed by atoms with van der Waals surface area (Å²) in [6, 6.07) is 9.03. The number of phenols is 2. The Bertz CT molecular complexity index is 719. The number of rotatable bonds is 5. The summed E-state index contributed by atoms with van der Waals surface area (Å²) in [5.41, 5.74) is 0.780. The van der Waals surface area contributed by atoms with Crippen LogP contribution in [0.3, 0.4) is 0 Å². The van der Waals surface area contributed by atoms with E-state index in [1.165, 1.54) is 44.6 Å². The average Bonchev–Trinajstić information content (AvgIpc) is 2.53. The highest BCUT2D eigenvalue weighted by Crippen LogP contribution is 2.34. The molecule has 0 aliphatic heterocycles. The fourth-order valence-electron chi connectivity index (χ4n) is 1.94. The van der Waals surface area contributed by atoms with Gasteiger partial charge >= 0.3 is 0 Å². The molecular formula is C17H16O5. The van der Waals surface area contributed by atoms with Crippen LogP contribution < -0.4 is 9.47 Å². The molecule has 0 amide bonds. The van der Waals surface area contributed by atoms with Gasteiger partial charge in [0.25, 0.3) is 0 Å². The van der Waals surface area contributed by atoms with Crippen molar-refractivity contribution in [3.8, 4) is 23.0 Å². The van der Waals surface area contributed by atoms with Crippen molar-refractivity contribution in [2.24, 2.45) is 0 Å². The van der Waals surface area contributed by atoms with E-state index in [1.807, 2.05) is 0 Å². The third-order valence-electron chi connectivity index (χ3n) is 3.08. The van der Waals surface area contributed by atoms with Crippen molar-refractivity contribution in [2.45, 2.75) is 0 Å². The van der Waals surface area contributed by atoms with Crippen LogP contribution in [0.1, 0.15) is 15.9 Å². The van der Waals surface area contributed by atoms with E-state index >= 15 is 0 Å². The lowest BCUT2D eigenvalue weighted by Gasteiger charge is -2.09. The van der Waals surface area contributed by atoms with E-state index in [9.17, 15) is 15.0 Å². The first-order valence-corrected chi connectivity index (χ1v) is 6.51. The Hall–Kier alpha value is -2.95. The number of methoxy groups -OCH3 is 2. The molecule has 0 heterocycles. The Balaban J connectivity index is 2.28. The average molecular weight is 300 g/mol. The molecule has 0 bridgehead atoms. The molecule has 0 aliphatic carbocycles. The SMILES string of the molecule is COc1cc(O)c(C=CC(=O)c2cccc(O)c2)cc1OC. The first-order valence-electron chi connectivity index (χ1n) is 6.51. The van der Waals surface area contributed by atoms with E-state index in [0.717, 1.165) is 0 Å². The van der Waals surface area contributed by atoms with Crippen molar-refractivity contribution < 1.29 is 24.5 Å². The van der Waals surface area contributed by atoms with E-state index in [-0.39, 0.29) is 17.3 Å². The molecule has 0 spiro atoms.